The van der Waals surface area contributed by atoms with Crippen LogP contribution in [0.5, 0.6) is 0 Å². The Kier molecular flexibility index (Phi) is 4.19. The number of nitrogens with zero attached hydrogens (tertiary/aromatic N) is 1. The molecule has 1 aromatic carbocycles. The molecular formula is C17H26N2. The molecule has 2 fully saturated rings. The van der Waals surface area contributed by atoms with Gasteiger partial charge in [0, 0.05) is 12.6 Å². The number of piperidine rings is 1. The van der Waals surface area contributed by atoms with Crippen LogP contribution in [-0.4, -0.2) is 37.6 Å². The number of likely N-dealkylation sites (N-methyl/N-ethyl adjacent to an activating group) is 1. The molecule has 0 radical (unpaired) electrons. The first-order valence-corrected chi connectivity index (χ1v) is 7.82. The molecule has 2 nitrogen and oxygen atoms in total. The summed E-state index contributed by atoms with van der Waals surface area (Å²) in [4.78, 5) is 2.46. The quantitative estimate of drug-likeness (QED) is 0.897. The maximum absolute atomic E-state index is 3.68. The zero-order valence-electron chi connectivity index (χ0n) is 12.1. The summed E-state index contributed by atoms with van der Waals surface area (Å²) >= 11 is 0. The highest BCUT2D eigenvalue weighted by Gasteiger charge is 2.24. The molecule has 104 valence electrons. The molecule has 0 aromatic heterocycles. The van der Waals surface area contributed by atoms with E-state index < -0.39 is 0 Å². The van der Waals surface area contributed by atoms with Crippen molar-refractivity contribution >= 4 is 0 Å². The molecule has 2 unspecified atom stereocenters. The van der Waals surface area contributed by atoms with Crippen LogP contribution in [0.25, 0.3) is 0 Å². The number of hydrogen-bond donors (Lipinski definition) is 1. The standard InChI is InChI=1S/C17H26N2/c1-19-11-9-15(13-19)17-8-3-2-6-14(17)12-16-7-4-5-10-18-16/h2-3,6,8,15-16,18H,4-5,7,9-13H2,1H3. The summed E-state index contributed by atoms with van der Waals surface area (Å²) in [6.07, 6.45) is 6.64. The lowest BCUT2D eigenvalue weighted by Crippen LogP contribution is -2.35. The molecule has 0 aliphatic carbocycles. The second kappa shape index (κ2) is 6.06. The van der Waals surface area contributed by atoms with Crippen LogP contribution in [0.4, 0.5) is 0 Å². The van der Waals surface area contributed by atoms with Gasteiger partial charge in [0.25, 0.3) is 0 Å². The van der Waals surface area contributed by atoms with Gasteiger partial charge in [0.2, 0.25) is 0 Å². The summed E-state index contributed by atoms with van der Waals surface area (Å²) in [5.74, 6) is 0.754. The van der Waals surface area contributed by atoms with E-state index in [1.165, 1.54) is 51.7 Å². The fourth-order valence-corrected chi connectivity index (χ4v) is 3.67. The van der Waals surface area contributed by atoms with Gasteiger partial charge in [-0.25, -0.2) is 0 Å². The predicted octanol–water partition coefficient (Wildman–Crippen LogP) is 2.79. The molecule has 2 heteroatoms. The summed E-state index contributed by atoms with van der Waals surface area (Å²) in [5, 5.41) is 3.68. The first-order valence-electron chi connectivity index (χ1n) is 7.82. The van der Waals surface area contributed by atoms with Crippen molar-refractivity contribution < 1.29 is 0 Å². The van der Waals surface area contributed by atoms with Crippen molar-refractivity contribution in [1.29, 1.82) is 0 Å². The number of benzene rings is 1. The minimum atomic E-state index is 0.703. The molecule has 0 amide bonds. The van der Waals surface area contributed by atoms with E-state index in [1.807, 2.05) is 0 Å². The van der Waals surface area contributed by atoms with Gasteiger partial charge in [0.1, 0.15) is 0 Å². The first kappa shape index (κ1) is 13.1. The van der Waals surface area contributed by atoms with E-state index in [4.69, 9.17) is 0 Å². The molecule has 0 spiro atoms. The minimum absolute atomic E-state index is 0.703. The van der Waals surface area contributed by atoms with Gasteiger partial charge in [0.05, 0.1) is 0 Å². The smallest absolute Gasteiger partial charge is 0.0108 e. The third-order valence-corrected chi connectivity index (χ3v) is 4.76. The first-order chi connectivity index (χ1) is 9.33. The average molecular weight is 258 g/mol. The highest BCUT2D eigenvalue weighted by Crippen LogP contribution is 2.30. The Labute approximate surface area is 117 Å². The second-order valence-electron chi connectivity index (χ2n) is 6.30. The van der Waals surface area contributed by atoms with Gasteiger partial charge in [-0.15, -0.1) is 0 Å². The van der Waals surface area contributed by atoms with Crippen molar-refractivity contribution in [2.45, 2.75) is 44.1 Å². The molecular weight excluding hydrogens is 232 g/mol. The molecule has 2 heterocycles. The fourth-order valence-electron chi connectivity index (χ4n) is 3.67. The van der Waals surface area contributed by atoms with E-state index in [9.17, 15) is 0 Å². The van der Waals surface area contributed by atoms with Crippen molar-refractivity contribution in [3.05, 3.63) is 35.4 Å². The van der Waals surface area contributed by atoms with Crippen molar-refractivity contribution in [2.24, 2.45) is 0 Å². The van der Waals surface area contributed by atoms with E-state index >= 15 is 0 Å². The SMILES string of the molecule is CN1CCC(c2ccccc2CC2CCCCN2)C1. The normalized spacial score (nSPS) is 28.7. The van der Waals surface area contributed by atoms with Crippen molar-refractivity contribution in [2.75, 3.05) is 26.7 Å². The van der Waals surface area contributed by atoms with E-state index in [0.29, 0.717) is 6.04 Å². The number of nitrogens with one attached hydrogen (secondary N) is 1. The Morgan fingerprint density at radius 2 is 2.11 bits per heavy atom. The lowest BCUT2D eigenvalue weighted by Gasteiger charge is -2.25. The average Bonchev–Trinajstić information content (AvgIpc) is 2.87. The van der Waals surface area contributed by atoms with Gasteiger partial charge in [0.15, 0.2) is 0 Å². The summed E-state index contributed by atoms with van der Waals surface area (Å²) in [5.41, 5.74) is 3.20. The molecule has 19 heavy (non-hydrogen) atoms. The minimum Gasteiger partial charge on any atom is -0.314 e. The van der Waals surface area contributed by atoms with Crippen LogP contribution in [-0.2, 0) is 6.42 Å². The molecule has 1 N–H and O–H groups in total. The zero-order chi connectivity index (χ0) is 13.1. The fraction of sp³-hybridized carbons (Fsp3) is 0.647. The van der Waals surface area contributed by atoms with E-state index in [-0.39, 0.29) is 0 Å². The largest absolute Gasteiger partial charge is 0.314 e. The van der Waals surface area contributed by atoms with Gasteiger partial charge in [-0.1, -0.05) is 30.7 Å². The lowest BCUT2D eigenvalue weighted by molar-refractivity contribution is 0.396. The Bertz CT molecular complexity index is 409. The van der Waals surface area contributed by atoms with Crippen molar-refractivity contribution in [3.8, 4) is 0 Å². The molecule has 1 aromatic rings. The highest BCUT2D eigenvalue weighted by molar-refractivity contribution is 5.32. The van der Waals surface area contributed by atoms with Crippen LogP contribution in [0, 0.1) is 0 Å². The Hall–Kier alpha value is -0.860. The number of hydrogen-bond acceptors (Lipinski definition) is 2. The van der Waals surface area contributed by atoms with Crippen LogP contribution in [0.3, 0.4) is 0 Å². The van der Waals surface area contributed by atoms with Gasteiger partial charge < -0.3 is 10.2 Å². The topological polar surface area (TPSA) is 15.3 Å². The molecule has 0 saturated carbocycles. The number of rotatable bonds is 3. The van der Waals surface area contributed by atoms with Crippen LogP contribution in [0.1, 0.15) is 42.7 Å². The molecule has 2 aliphatic heterocycles. The van der Waals surface area contributed by atoms with Crippen LogP contribution in [0.2, 0.25) is 0 Å². The second-order valence-corrected chi connectivity index (χ2v) is 6.30. The predicted molar refractivity (Wildman–Crippen MR) is 80.6 cm³/mol. The molecule has 2 saturated heterocycles. The summed E-state index contributed by atoms with van der Waals surface area (Å²) in [6.45, 7) is 3.69. The van der Waals surface area contributed by atoms with Crippen LogP contribution in [0.15, 0.2) is 24.3 Å². The van der Waals surface area contributed by atoms with Crippen LogP contribution >= 0.6 is 0 Å². The van der Waals surface area contributed by atoms with Gasteiger partial charge in [-0.05, 0) is 62.9 Å². The van der Waals surface area contributed by atoms with E-state index in [2.05, 4.69) is 41.5 Å². The molecule has 2 atom stereocenters. The lowest BCUT2D eigenvalue weighted by atomic mass is 9.88. The van der Waals surface area contributed by atoms with E-state index in [1.54, 1.807) is 11.1 Å². The Balaban J connectivity index is 1.73. The highest BCUT2D eigenvalue weighted by atomic mass is 15.1. The third kappa shape index (κ3) is 3.18. The summed E-state index contributed by atoms with van der Waals surface area (Å²) < 4.78 is 0. The molecule has 3 rings (SSSR count). The van der Waals surface area contributed by atoms with Gasteiger partial charge in [-0.2, -0.15) is 0 Å². The summed E-state index contributed by atoms with van der Waals surface area (Å²) in [6, 6.07) is 9.84. The maximum atomic E-state index is 3.68. The third-order valence-electron chi connectivity index (χ3n) is 4.76. The maximum Gasteiger partial charge on any atom is 0.0108 e. The van der Waals surface area contributed by atoms with Crippen molar-refractivity contribution in [3.63, 3.8) is 0 Å². The summed E-state index contributed by atoms with van der Waals surface area (Å²) in [7, 11) is 2.24. The van der Waals surface area contributed by atoms with Gasteiger partial charge in [-0.3, -0.25) is 0 Å². The Morgan fingerprint density at radius 1 is 1.21 bits per heavy atom. The molecule has 2 aliphatic rings. The van der Waals surface area contributed by atoms with Gasteiger partial charge >= 0.3 is 0 Å². The zero-order valence-corrected chi connectivity index (χ0v) is 12.1. The number of likely N-dealkylation sites (tertiary alicyclic amines) is 1. The Morgan fingerprint density at radius 3 is 2.84 bits per heavy atom. The van der Waals surface area contributed by atoms with Crippen molar-refractivity contribution in [1.82, 2.24) is 10.2 Å². The van der Waals surface area contributed by atoms with E-state index in [0.717, 1.165) is 5.92 Å². The molecule has 0 bridgehead atoms. The van der Waals surface area contributed by atoms with Crippen LogP contribution < -0.4 is 5.32 Å². The monoisotopic (exact) mass is 258 g/mol.